The van der Waals surface area contributed by atoms with E-state index in [4.69, 9.17) is 15.5 Å². The molecular formula is C32H45N7O2. The number of pyridine rings is 2. The third-order valence-electron chi connectivity index (χ3n) is 9.42. The van der Waals surface area contributed by atoms with Gasteiger partial charge in [0.1, 0.15) is 17.1 Å². The number of hydrogen-bond acceptors (Lipinski definition) is 9. The largest absolute Gasteiger partial charge is 0.495 e. The van der Waals surface area contributed by atoms with Gasteiger partial charge in [0, 0.05) is 68.5 Å². The Hall–Kier alpha value is -3.14. The maximum absolute atomic E-state index is 10.1. The second-order valence-electron chi connectivity index (χ2n) is 12.0. The Balaban J connectivity index is 1.26. The predicted octanol–water partition coefficient (Wildman–Crippen LogP) is 3.99. The summed E-state index contributed by atoms with van der Waals surface area (Å²) in [4.78, 5) is 17.1. The second kappa shape index (κ2) is 12.0. The summed E-state index contributed by atoms with van der Waals surface area (Å²) >= 11 is 0. The van der Waals surface area contributed by atoms with Crippen LogP contribution >= 0.6 is 0 Å². The number of aryl methyl sites for hydroxylation is 1. The number of anilines is 3. The summed E-state index contributed by atoms with van der Waals surface area (Å²) in [5.41, 5.74) is 12.2. The van der Waals surface area contributed by atoms with E-state index in [0.29, 0.717) is 11.9 Å². The molecule has 220 valence electrons. The van der Waals surface area contributed by atoms with Crippen molar-refractivity contribution in [2.24, 2.45) is 0 Å². The lowest BCUT2D eigenvalue weighted by atomic mass is 9.98. The molecule has 2 atom stereocenters. The van der Waals surface area contributed by atoms with Gasteiger partial charge in [-0.3, -0.25) is 4.90 Å². The molecule has 3 aliphatic rings. The average molecular weight is 560 g/mol. The van der Waals surface area contributed by atoms with E-state index in [1.54, 1.807) is 7.11 Å². The van der Waals surface area contributed by atoms with Gasteiger partial charge in [0.05, 0.1) is 30.3 Å². The standard InChI is InChI=1S/C32H45N7O2/c1-4-27-28(35-22-6-7-24(40)18-22)19-25-26(20-34-32(33)31(25)36-27)21-5-8-29(30(17-21)41-3)39-11-9-23(10-12-39)38-15-13-37(2)14-16-38/h5,8,17,19-20,22-24,35,40H,4,6-7,9-16,18H2,1-3H3,(H2,33,34). The van der Waals surface area contributed by atoms with Crippen molar-refractivity contribution in [3.63, 3.8) is 0 Å². The molecule has 9 heteroatoms. The maximum atomic E-state index is 10.1. The minimum absolute atomic E-state index is 0.232. The van der Waals surface area contributed by atoms with E-state index < -0.39 is 0 Å². The third kappa shape index (κ3) is 5.80. The minimum Gasteiger partial charge on any atom is -0.495 e. The molecule has 41 heavy (non-hydrogen) atoms. The topological polar surface area (TPSA) is 103 Å². The number of hydrogen-bond donors (Lipinski definition) is 3. The van der Waals surface area contributed by atoms with E-state index in [1.165, 1.54) is 39.0 Å². The summed E-state index contributed by atoms with van der Waals surface area (Å²) in [6.07, 6.45) is 7.32. The molecular weight excluding hydrogens is 514 g/mol. The van der Waals surface area contributed by atoms with Crippen molar-refractivity contribution >= 4 is 28.1 Å². The number of aliphatic hydroxyl groups is 1. The lowest BCUT2D eigenvalue weighted by Crippen LogP contribution is -2.52. The van der Waals surface area contributed by atoms with Gasteiger partial charge in [0.25, 0.3) is 0 Å². The number of nitrogens with zero attached hydrogens (tertiary/aromatic N) is 5. The molecule has 2 aliphatic heterocycles. The fraction of sp³-hybridized carbons (Fsp3) is 0.562. The molecule has 4 N–H and O–H groups in total. The number of aliphatic hydroxyl groups excluding tert-OH is 1. The molecule has 2 saturated heterocycles. The number of fused-ring (bicyclic) bond motifs is 1. The molecule has 0 spiro atoms. The van der Waals surface area contributed by atoms with Gasteiger partial charge in [-0.25, -0.2) is 9.97 Å². The fourth-order valence-corrected chi connectivity index (χ4v) is 6.92. The van der Waals surface area contributed by atoms with Crippen LogP contribution in [0.25, 0.3) is 22.0 Å². The van der Waals surface area contributed by atoms with Gasteiger partial charge >= 0.3 is 0 Å². The number of nitrogens with two attached hydrogens (primary N) is 1. The average Bonchev–Trinajstić information content (AvgIpc) is 3.41. The number of rotatable bonds is 7. The van der Waals surface area contributed by atoms with Crippen LogP contribution in [0, 0.1) is 0 Å². The van der Waals surface area contributed by atoms with Crippen molar-refractivity contribution in [3.05, 3.63) is 36.2 Å². The number of methoxy groups -OCH3 is 1. The van der Waals surface area contributed by atoms with Crippen LogP contribution in [-0.4, -0.2) is 96.5 Å². The van der Waals surface area contributed by atoms with Crippen LogP contribution in [0.1, 0.15) is 44.7 Å². The first-order chi connectivity index (χ1) is 19.9. The van der Waals surface area contributed by atoms with Crippen LogP contribution < -0.4 is 20.7 Å². The van der Waals surface area contributed by atoms with Crippen molar-refractivity contribution in [3.8, 4) is 16.9 Å². The first kappa shape index (κ1) is 28.0. The van der Waals surface area contributed by atoms with E-state index in [1.807, 2.05) is 6.20 Å². The summed E-state index contributed by atoms with van der Waals surface area (Å²) in [5, 5.41) is 14.7. The molecule has 0 amide bonds. The van der Waals surface area contributed by atoms with Crippen LogP contribution in [0.15, 0.2) is 30.5 Å². The molecule has 0 bridgehead atoms. The first-order valence-corrected chi connectivity index (χ1v) is 15.3. The number of aromatic nitrogens is 2. The zero-order chi connectivity index (χ0) is 28.5. The van der Waals surface area contributed by atoms with Crippen LogP contribution in [0.4, 0.5) is 17.2 Å². The maximum Gasteiger partial charge on any atom is 0.149 e. The number of piperazine rings is 1. The van der Waals surface area contributed by atoms with Crippen molar-refractivity contribution in [2.75, 3.05) is 69.4 Å². The predicted molar refractivity (Wildman–Crippen MR) is 167 cm³/mol. The zero-order valence-corrected chi connectivity index (χ0v) is 24.8. The number of benzene rings is 1. The zero-order valence-electron chi connectivity index (χ0n) is 24.8. The highest BCUT2D eigenvalue weighted by Crippen LogP contribution is 2.39. The van der Waals surface area contributed by atoms with Crippen molar-refractivity contribution in [1.29, 1.82) is 0 Å². The number of likely N-dealkylation sites (N-methyl/N-ethyl adjacent to an activating group) is 1. The van der Waals surface area contributed by atoms with Crippen LogP contribution in [0.3, 0.4) is 0 Å². The van der Waals surface area contributed by atoms with E-state index in [0.717, 1.165) is 83.6 Å². The number of piperidine rings is 1. The molecule has 1 aromatic carbocycles. The Bertz CT molecular complexity index is 1370. The highest BCUT2D eigenvalue weighted by molar-refractivity contribution is 6.01. The van der Waals surface area contributed by atoms with Crippen molar-refractivity contribution in [2.45, 2.75) is 63.6 Å². The number of ether oxygens (including phenoxy) is 1. The normalized spacial score (nSPS) is 22.9. The molecule has 3 aromatic rings. The second-order valence-corrected chi connectivity index (χ2v) is 12.0. The molecule has 4 heterocycles. The molecule has 2 unspecified atom stereocenters. The lowest BCUT2D eigenvalue weighted by molar-refractivity contribution is 0.0981. The molecule has 3 fully saturated rings. The van der Waals surface area contributed by atoms with Gasteiger partial charge in [0.2, 0.25) is 0 Å². The summed E-state index contributed by atoms with van der Waals surface area (Å²) in [6.45, 7) is 8.87. The molecule has 9 nitrogen and oxygen atoms in total. The quantitative estimate of drug-likeness (QED) is 0.396. The van der Waals surface area contributed by atoms with E-state index >= 15 is 0 Å². The molecule has 0 radical (unpaired) electrons. The van der Waals surface area contributed by atoms with E-state index in [2.05, 4.69) is 63.2 Å². The summed E-state index contributed by atoms with van der Waals surface area (Å²) in [6, 6.07) is 9.58. The van der Waals surface area contributed by atoms with Crippen molar-refractivity contribution in [1.82, 2.24) is 19.8 Å². The van der Waals surface area contributed by atoms with Gasteiger partial charge in [-0.2, -0.15) is 0 Å². The minimum atomic E-state index is -0.232. The highest BCUT2D eigenvalue weighted by atomic mass is 16.5. The Morgan fingerprint density at radius 2 is 1.83 bits per heavy atom. The number of nitrogen functional groups attached to an aromatic ring is 1. The van der Waals surface area contributed by atoms with Gasteiger partial charge in [-0.05, 0) is 69.3 Å². The summed E-state index contributed by atoms with van der Waals surface area (Å²) in [7, 11) is 3.97. The fourth-order valence-electron chi connectivity index (χ4n) is 6.92. The Morgan fingerprint density at radius 1 is 1.05 bits per heavy atom. The summed E-state index contributed by atoms with van der Waals surface area (Å²) in [5.74, 6) is 1.31. The smallest absolute Gasteiger partial charge is 0.149 e. The first-order valence-electron chi connectivity index (χ1n) is 15.3. The van der Waals surface area contributed by atoms with E-state index in [9.17, 15) is 5.11 Å². The van der Waals surface area contributed by atoms with Gasteiger partial charge in [-0.1, -0.05) is 13.0 Å². The molecule has 1 aliphatic carbocycles. The van der Waals surface area contributed by atoms with Gasteiger partial charge in [-0.15, -0.1) is 0 Å². The van der Waals surface area contributed by atoms with Crippen molar-refractivity contribution < 1.29 is 9.84 Å². The molecule has 6 rings (SSSR count). The summed E-state index contributed by atoms with van der Waals surface area (Å²) < 4.78 is 5.96. The molecule has 2 aromatic heterocycles. The van der Waals surface area contributed by atoms with E-state index in [-0.39, 0.29) is 12.1 Å². The number of nitrogens with one attached hydrogen (secondary N) is 1. The van der Waals surface area contributed by atoms with Gasteiger partial charge < -0.3 is 30.7 Å². The van der Waals surface area contributed by atoms with Crippen LogP contribution in [-0.2, 0) is 6.42 Å². The highest BCUT2D eigenvalue weighted by Gasteiger charge is 2.28. The monoisotopic (exact) mass is 559 g/mol. The van der Waals surface area contributed by atoms with Crippen LogP contribution in [0.2, 0.25) is 0 Å². The third-order valence-corrected chi connectivity index (χ3v) is 9.42. The van der Waals surface area contributed by atoms with Crippen LogP contribution in [0.5, 0.6) is 5.75 Å². The Kier molecular flexibility index (Phi) is 8.19. The lowest BCUT2D eigenvalue weighted by Gasteiger charge is -2.42. The SMILES string of the molecule is CCc1nc2c(N)ncc(-c3ccc(N4CCC(N5CCN(C)CC5)CC4)c(OC)c3)c2cc1NC1CCC(O)C1. The Morgan fingerprint density at radius 3 is 2.51 bits per heavy atom. The Labute approximate surface area is 243 Å². The molecule has 1 saturated carbocycles. The van der Waals surface area contributed by atoms with Gasteiger partial charge in [0.15, 0.2) is 0 Å².